The fourth-order valence-corrected chi connectivity index (χ4v) is 7.20. The summed E-state index contributed by atoms with van der Waals surface area (Å²) in [6.07, 6.45) is 1.57. The molecule has 2 bridgehead atoms. The van der Waals surface area contributed by atoms with Crippen LogP contribution in [0.4, 0.5) is 10.2 Å². The second-order valence-corrected chi connectivity index (χ2v) is 12.1. The number of hydrogen-bond acceptors (Lipinski definition) is 7. The number of nitrogens with zero attached hydrogens (tertiary/aromatic N) is 5. The van der Waals surface area contributed by atoms with Crippen LogP contribution in [-0.2, 0) is 16.6 Å². The Morgan fingerprint density at radius 3 is 2.62 bits per heavy atom. The summed E-state index contributed by atoms with van der Waals surface area (Å²) in [6, 6.07) is 3.79. The summed E-state index contributed by atoms with van der Waals surface area (Å²) in [7, 11) is -2.46. The highest BCUT2D eigenvalue weighted by Gasteiger charge is 2.39. The van der Waals surface area contributed by atoms with Crippen molar-refractivity contribution in [3.8, 4) is 11.5 Å². The number of sulfonamides is 1. The van der Waals surface area contributed by atoms with Crippen molar-refractivity contribution in [3.63, 3.8) is 0 Å². The molecule has 0 aliphatic carbocycles. The van der Waals surface area contributed by atoms with Gasteiger partial charge >= 0.3 is 0 Å². The van der Waals surface area contributed by atoms with Crippen LogP contribution in [0.25, 0.3) is 10.9 Å². The molecule has 216 valence electrons. The second kappa shape index (κ2) is 10.8. The molecule has 1 amide bonds. The van der Waals surface area contributed by atoms with Crippen LogP contribution in [0.2, 0.25) is 0 Å². The first kappa shape index (κ1) is 27.9. The number of likely N-dealkylation sites (N-methyl/N-ethyl adjacent to an activating group) is 1. The van der Waals surface area contributed by atoms with Crippen LogP contribution in [-0.4, -0.2) is 72.7 Å². The number of hydrogen-bond donors (Lipinski definition) is 0. The number of aromatic nitrogens is 3. The monoisotopic (exact) mass is 575 g/mol. The molecule has 40 heavy (non-hydrogen) atoms. The van der Waals surface area contributed by atoms with Gasteiger partial charge in [-0.05, 0) is 46.1 Å². The molecule has 5 rings (SSSR count). The van der Waals surface area contributed by atoms with Crippen LogP contribution in [0.3, 0.4) is 0 Å². The molecule has 2 aliphatic rings. The topological polar surface area (TPSA) is 116 Å². The zero-order valence-corrected chi connectivity index (χ0v) is 24.0. The van der Waals surface area contributed by atoms with E-state index in [1.807, 2.05) is 13.8 Å². The lowest BCUT2D eigenvalue weighted by Crippen LogP contribution is -2.42. The standard InChI is InChI=1S/C27H34FN5O6S/c1-5-30-15-17(3)33-22-21(24(38-4)23(33)27(30)35)26(34)31-16-18-10-11-19(28)14-20(18)39-12-8-7-9-13-40(36,37)32(6-2)25(22)29-31/h10-11,14,17H,5-9,12-13,15-16H2,1-4H3. The van der Waals surface area contributed by atoms with E-state index in [4.69, 9.17) is 9.47 Å². The van der Waals surface area contributed by atoms with E-state index >= 15 is 0 Å². The zero-order chi connectivity index (χ0) is 28.8. The molecule has 4 heterocycles. The van der Waals surface area contributed by atoms with Crippen LogP contribution in [0.1, 0.15) is 62.1 Å². The molecule has 3 aromatic rings. The molecular weight excluding hydrogens is 541 g/mol. The van der Waals surface area contributed by atoms with Crippen LogP contribution >= 0.6 is 0 Å². The highest BCUT2D eigenvalue weighted by molar-refractivity contribution is 7.92. The largest absolute Gasteiger partial charge is 0.493 e. The predicted octanol–water partition coefficient (Wildman–Crippen LogP) is 3.15. The van der Waals surface area contributed by atoms with Gasteiger partial charge in [0.05, 0.1) is 26.0 Å². The van der Waals surface area contributed by atoms with Crippen molar-refractivity contribution in [1.82, 2.24) is 19.2 Å². The molecule has 0 fully saturated rings. The Hall–Kier alpha value is -3.61. The number of amides is 1. The third-order valence-corrected chi connectivity index (χ3v) is 9.46. The van der Waals surface area contributed by atoms with Crippen molar-refractivity contribution in [2.45, 2.75) is 52.6 Å². The number of carbonyl (C=O) groups excluding carboxylic acids is 1. The maximum atomic E-state index is 14.1. The van der Waals surface area contributed by atoms with Crippen molar-refractivity contribution >= 4 is 32.7 Å². The number of anilines is 1. The number of rotatable bonds is 3. The highest BCUT2D eigenvalue weighted by atomic mass is 32.2. The van der Waals surface area contributed by atoms with Gasteiger partial charge in [-0.1, -0.05) is 6.07 Å². The number of benzene rings is 1. The van der Waals surface area contributed by atoms with Gasteiger partial charge in [0.15, 0.2) is 17.3 Å². The molecule has 1 unspecified atom stereocenters. The first-order valence-corrected chi connectivity index (χ1v) is 15.2. The van der Waals surface area contributed by atoms with E-state index in [1.165, 1.54) is 29.6 Å². The van der Waals surface area contributed by atoms with Crippen molar-refractivity contribution in [2.75, 3.05) is 43.4 Å². The Bertz CT molecular complexity index is 1630. The van der Waals surface area contributed by atoms with Gasteiger partial charge in [-0.3, -0.25) is 13.9 Å². The summed E-state index contributed by atoms with van der Waals surface area (Å²) in [6.45, 7) is 6.57. The number of methoxy groups -OCH3 is 1. The smallest absolute Gasteiger partial charge is 0.280 e. The molecule has 0 saturated heterocycles. The molecule has 0 radical (unpaired) electrons. The fraction of sp³-hybridized carbons (Fsp3) is 0.519. The van der Waals surface area contributed by atoms with E-state index in [1.54, 1.807) is 16.4 Å². The molecule has 0 N–H and O–H groups in total. The van der Waals surface area contributed by atoms with Crippen LogP contribution in [0.5, 0.6) is 11.5 Å². The van der Waals surface area contributed by atoms with E-state index in [0.717, 1.165) is 4.68 Å². The van der Waals surface area contributed by atoms with Gasteiger partial charge in [0.2, 0.25) is 10.0 Å². The maximum Gasteiger partial charge on any atom is 0.280 e. The van der Waals surface area contributed by atoms with E-state index in [9.17, 15) is 22.4 Å². The lowest BCUT2D eigenvalue weighted by molar-refractivity contribution is 0.0685. The minimum atomic E-state index is -3.84. The number of ether oxygens (including phenoxy) is 2. The van der Waals surface area contributed by atoms with Crippen molar-refractivity contribution < 1.29 is 27.1 Å². The Morgan fingerprint density at radius 2 is 1.93 bits per heavy atom. The first-order chi connectivity index (χ1) is 19.1. The summed E-state index contributed by atoms with van der Waals surface area (Å²) < 4.78 is 57.1. The van der Waals surface area contributed by atoms with Gasteiger partial charge in [-0.15, -0.1) is 5.10 Å². The van der Waals surface area contributed by atoms with Gasteiger partial charge in [0, 0.05) is 37.3 Å². The summed E-state index contributed by atoms with van der Waals surface area (Å²) in [5, 5.41) is 4.69. The second-order valence-electron chi connectivity index (χ2n) is 10.1. The molecular formula is C27H34FN5O6S. The average Bonchev–Trinajstić information content (AvgIpc) is 3.28. The van der Waals surface area contributed by atoms with Crippen molar-refractivity contribution in [1.29, 1.82) is 0 Å². The van der Waals surface area contributed by atoms with E-state index in [2.05, 4.69) is 5.10 Å². The lowest BCUT2D eigenvalue weighted by Gasteiger charge is -2.33. The molecule has 2 aromatic heterocycles. The molecule has 11 nitrogen and oxygen atoms in total. The Labute approximate surface area is 232 Å². The van der Waals surface area contributed by atoms with Gasteiger partial charge < -0.3 is 18.9 Å². The minimum absolute atomic E-state index is 0.0490. The predicted molar refractivity (Wildman–Crippen MR) is 148 cm³/mol. The minimum Gasteiger partial charge on any atom is -0.493 e. The third kappa shape index (κ3) is 4.59. The average molecular weight is 576 g/mol. The molecule has 13 heteroatoms. The van der Waals surface area contributed by atoms with E-state index < -0.39 is 21.4 Å². The van der Waals surface area contributed by atoms with Crippen LogP contribution < -0.4 is 19.3 Å². The zero-order valence-electron chi connectivity index (χ0n) is 23.1. The SMILES string of the molecule is CCN1CC(C)n2c(c(OC)c3c(=O)n4nc(c32)N(CC)S(=O)(=O)CCCCCOc2cc(F)ccc2C4)C1=O. The normalized spacial score (nSPS) is 19.5. The van der Waals surface area contributed by atoms with Crippen LogP contribution in [0.15, 0.2) is 23.0 Å². The van der Waals surface area contributed by atoms with Gasteiger partial charge in [0.25, 0.3) is 11.5 Å². The highest BCUT2D eigenvalue weighted by Crippen LogP contribution is 2.41. The number of fused-ring (bicyclic) bond motifs is 7. The van der Waals surface area contributed by atoms with Crippen molar-refractivity contribution in [3.05, 3.63) is 45.6 Å². The lowest BCUT2D eigenvalue weighted by atomic mass is 10.2. The Morgan fingerprint density at radius 1 is 1.15 bits per heavy atom. The molecule has 1 aromatic carbocycles. The van der Waals surface area contributed by atoms with Crippen LogP contribution in [0, 0.1) is 5.82 Å². The maximum absolute atomic E-state index is 14.1. The van der Waals surface area contributed by atoms with Crippen molar-refractivity contribution in [2.24, 2.45) is 0 Å². The summed E-state index contributed by atoms with van der Waals surface area (Å²) >= 11 is 0. The summed E-state index contributed by atoms with van der Waals surface area (Å²) in [5.41, 5.74) is 0.385. The quantitative estimate of drug-likeness (QED) is 0.471. The molecule has 0 saturated carbocycles. The summed E-state index contributed by atoms with van der Waals surface area (Å²) in [5.74, 6) is -0.494. The van der Waals surface area contributed by atoms with Gasteiger partial charge in [-0.2, -0.15) is 0 Å². The Balaban J connectivity index is 1.88. The van der Waals surface area contributed by atoms with E-state index in [0.29, 0.717) is 37.9 Å². The fourth-order valence-electron chi connectivity index (χ4n) is 5.63. The third-order valence-electron chi connectivity index (χ3n) is 7.55. The molecule has 1 atom stereocenters. The van der Waals surface area contributed by atoms with Gasteiger partial charge in [0.1, 0.15) is 22.5 Å². The Kier molecular flexibility index (Phi) is 7.51. The first-order valence-electron chi connectivity index (χ1n) is 13.6. The number of carbonyl (C=O) groups is 1. The van der Waals surface area contributed by atoms with Gasteiger partial charge in [-0.25, -0.2) is 17.5 Å². The molecule has 2 aliphatic heterocycles. The molecule has 0 spiro atoms. The van der Waals surface area contributed by atoms with E-state index in [-0.39, 0.29) is 71.3 Å². The summed E-state index contributed by atoms with van der Waals surface area (Å²) in [4.78, 5) is 29.3. The number of halogens is 1.